The summed E-state index contributed by atoms with van der Waals surface area (Å²) >= 11 is 1.42. The maximum atomic E-state index is 13.1. The molecule has 7 nitrogen and oxygen atoms in total. The van der Waals surface area contributed by atoms with Crippen LogP contribution in [0.25, 0.3) is 11.1 Å². The van der Waals surface area contributed by atoms with E-state index in [9.17, 15) is 13.2 Å². The molecule has 1 N–H and O–H groups in total. The monoisotopic (exact) mass is 527 g/mol. The number of benzene rings is 2. The quantitative estimate of drug-likeness (QED) is 0.374. The highest BCUT2D eigenvalue weighted by Gasteiger charge is 2.28. The van der Waals surface area contributed by atoms with Gasteiger partial charge in [0.2, 0.25) is 0 Å². The van der Waals surface area contributed by atoms with Gasteiger partial charge in [0.15, 0.2) is 20.7 Å². The van der Waals surface area contributed by atoms with Crippen LogP contribution in [0.4, 0.5) is 10.8 Å². The Morgan fingerprint density at radius 2 is 1.81 bits per heavy atom. The fourth-order valence-electron chi connectivity index (χ4n) is 4.44. The van der Waals surface area contributed by atoms with Gasteiger partial charge in [0.1, 0.15) is 0 Å². The van der Waals surface area contributed by atoms with Crippen molar-refractivity contribution >= 4 is 38.0 Å². The molecule has 1 fully saturated rings. The molecule has 2 heterocycles. The van der Waals surface area contributed by atoms with Crippen LogP contribution in [0.2, 0.25) is 0 Å². The molecule has 2 aromatic carbocycles. The summed E-state index contributed by atoms with van der Waals surface area (Å²) in [6, 6.07) is 13.4. The second-order valence-corrected chi connectivity index (χ2v) is 12.0. The van der Waals surface area contributed by atoms with Crippen LogP contribution in [0.1, 0.15) is 49.2 Å². The molecule has 4 rings (SSSR count). The van der Waals surface area contributed by atoms with Gasteiger partial charge in [0.25, 0.3) is 0 Å². The molecule has 1 saturated heterocycles. The molecule has 0 bridgehead atoms. The standard InChI is InChI=1S/C27H33N3O4S2/c1-4-16-30(27-29-24(18-35-27)26(31)34-5-2)25-17-21(7-6-19(25)3)20-8-10-22(11-9-20)36(32,33)23-12-14-28-15-13-23/h6-11,17-18,23,28H,4-5,12-16H2,1-3H3. The molecule has 1 aliphatic heterocycles. The molecule has 0 radical (unpaired) electrons. The van der Waals surface area contributed by atoms with Crippen molar-refractivity contribution in [3.63, 3.8) is 0 Å². The number of thiazole rings is 1. The Kier molecular flexibility index (Phi) is 8.43. The van der Waals surface area contributed by atoms with Crippen LogP contribution < -0.4 is 10.2 Å². The van der Waals surface area contributed by atoms with Crippen LogP contribution in [0.5, 0.6) is 0 Å². The molecule has 9 heteroatoms. The van der Waals surface area contributed by atoms with Crippen LogP contribution >= 0.6 is 11.3 Å². The summed E-state index contributed by atoms with van der Waals surface area (Å²) in [5.74, 6) is -0.415. The van der Waals surface area contributed by atoms with Gasteiger partial charge in [0, 0.05) is 17.6 Å². The molecule has 0 aliphatic carbocycles. The number of anilines is 2. The number of esters is 1. The smallest absolute Gasteiger partial charge is 0.357 e. The molecule has 36 heavy (non-hydrogen) atoms. The highest BCUT2D eigenvalue weighted by molar-refractivity contribution is 7.92. The molecule has 3 aromatic rings. The topological polar surface area (TPSA) is 88.6 Å². The molecule has 0 amide bonds. The van der Waals surface area contributed by atoms with E-state index in [0.29, 0.717) is 30.0 Å². The van der Waals surface area contributed by atoms with Crippen molar-refractivity contribution in [2.45, 2.75) is 50.2 Å². The number of sulfone groups is 1. The maximum absolute atomic E-state index is 13.1. The third-order valence-corrected chi connectivity index (χ3v) is 9.54. The van der Waals surface area contributed by atoms with Gasteiger partial charge in [-0.3, -0.25) is 0 Å². The van der Waals surface area contributed by atoms with E-state index in [-0.39, 0.29) is 5.25 Å². The van der Waals surface area contributed by atoms with Crippen molar-refractivity contribution < 1.29 is 17.9 Å². The number of carbonyl (C=O) groups excluding carboxylic acids is 1. The first-order valence-electron chi connectivity index (χ1n) is 12.4. The van der Waals surface area contributed by atoms with E-state index >= 15 is 0 Å². The molecular weight excluding hydrogens is 494 g/mol. The zero-order valence-corrected chi connectivity index (χ0v) is 22.6. The number of hydrogen-bond acceptors (Lipinski definition) is 8. The number of aromatic nitrogens is 1. The van der Waals surface area contributed by atoms with Gasteiger partial charge < -0.3 is 15.0 Å². The van der Waals surface area contributed by atoms with Crippen molar-refractivity contribution in [3.05, 3.63) is 59.1 Å². The minimum absolute atomic E-state index is 0.309. The van der Waals surface area contributed by atoms with Gasteiger partial charge in [-0.05, 0) is 81.1 Å². The molecule has 0 saturated carbocycles. The second-order valence-electron chi connectivity index (χ2n) is 8.91. The lowest BCUT2D eigenvalue weighted by molar-refractivity contribution is 0.0520. The third kappa shape index (κ3) is 5.63. The highest BCUT2D eigenvalue weighted by atomic mass is 32.2. The van der Waals surface area contributed by atoms with Crippen molar-refractivity contribution in [2.75, 3.05) is 31.1 Å². The molecular formula is C27H33N3O4S2. The number of nitrogens with zero attached hydrogens (tertiary/aromatic N) is 2. The average molecular weight is 528 g/mol. The first kappa shape index (κ1) is 26.3. The van der Waals surface area contributed by atoms with E-state index in [0.717, 1.165) is 53.6 Å². The van der Waals surface area contributed by atoms with E-state index in [2.05, 4.69) is 41.2 Å². The van der Waals surface area contributed by atoms with Gasteiger partial charge in [-0.2, -0.15) is 0 Å². The van der Waals surface area contributed by atoms with Crippen molar-refractivity contribution in [1.82, 2.24) is 10.3 Å². The number of aryl methyl sites for hydroxylation is 1. The van der Waals surface area contributed by atoms with E-state index < -0.39 is 15.8 Å². The highest BCUT2D eigenvalue weighted by Crippen LogP contribution is 2.35. The summed E-state index contributed by atoms with van der Waals surface area (Å²) in [7, 11) is -3.33. The van der Waals surface area contributed by atoms with Gasteiger partial charge in [-0.15, -0.1) is 11.3 Å². The van der Waals surface area contributed by atoms with Gasteiger partial charge in [-0.25, -0.2) is 18.2 Å². The maximum Gasteiger partial charge on any atom is 0.357 e. The summed E-state index contributed by atoms with van der Waals surface area (Å²) in [5, 5.41) is 5.37. The SMILES string of the molecule is CCCN(c1nc(C(=O)OCC)cs1)c1cc(-c2ccc(S(=O)(=O)C3CCNCC3)cc2)ccc1C. The Hall–Kier alpha value is -2.75. The first-order chi connectivity index (χ1) is 17.3. The Labute approximate surface area is 217 Å². The fourth-order valence-corrected chi connectivity index (χ4v) is 7.04. The number of carbonyl (C=O) groups is 1. The van der Waals surface area contributed by atoms with Crippen LogP contribution in [-0.4, -0.2) is 50.9 Å². The van der Waals surface area contributed by atoms with Crippen LogP contribution in [-0.2, 0) is 14.6 Å². The van der Waals surface area contributed by atoms with E-state index in [4.69, 9.17) is 4.74 Å². The average Bonchev–Trinajstić information content (AvgIpc) is 3.39. The number of piperidine rings is 1. The predicted octanol–water partition coefficient (Wildman–Crippen LogP) is 5.37. The lowest BCUT2D eigenvalue weighted by atomic mass is 10.0. The lowest BCUT2D eigenvalue weighted by Crippen LogP contribution is -2.35. The molecule has 1 aromatic heterocycles. The first-order valence-corrected chi connectivity index (χ1v) is 14.8. The Bertz CT molecular complexity index is 1300. The molecule has 0 atom stereocenters. The Morgan fingerprint density at radius 1 is 1.11 bits per heavy atom. The zero-order chi connectivity index (χ0) is 25.7. The van der Waals surface area contributed by atoms with Crippen LogP contribution in [0.15, 0.2) is 52.7 Å². The molecule has 192 valence electrons. The summed E-state index contributed by atoms with van der Waals surface area (Å²) in [6.45, 7) is 8.46. The van der Waals surface area contributed by atoms with Crippen molar-refractivity contribution in [1.29, 1.82) is 0 Å². The van der Waals surface area contributed by atoms with E-state index in [1.807, 2.05) is 18.2 Å². The Morgan fingerprint density at radius 3 is 2.47 bits per heavy atom. The zero-order valence-electron chi connectivity index (χ0n) is 21.0. The number of nitrogens with one attached hydrogen (secondary N) is 1. The second kappa shape index (κ2) is 11.5. The van der Waals surface area contributed by atoms with E-state index in [1.54, 1.807) is 24.4 Å². The summed E-state index contributed by atoms with van der Waals surface area (Å²) in [5.41, 5.74) is 4.35. The minimum atomic E-state index is -3.33. The van der Waals surface area contributed by atoms with Gasteiger partial charge in [-0.1, -0.05) is 31.2 Å². The van der Waals surface area contributed by atoms with Crippen molar-refractivity contribution in [2.24, 2.45) is 0 Å². The summed E-state index contributed by atoms with van der Waals surface area (Å²) in [6.07, 6.45) is 2.20. The predicted molar refractivity (Wildman–Crippen MR) is 145 cm³/mol. The molecule has 0 spiro atoms. The normalized spacial score (nSPS) is 14.5. The summed E-state index contributed by atoms with van der Waals surface area (Å²) in [4.78, 5) is 19.2. The fraction of sp³-hybridized carbons (Fsp3) is 0.407. The number of hydrogen-bond donors (Lipinski definition) is 1. The molecule has 0 unspecified atom stereocenters. The van der Waals surface area contributed by atoms with Gasteiger partial charge >= 0.3 is 5.97 Å². The number of rotatable bonds is 9. The van der Waals surface area contributed by atoms with Crippen molar-refractivity contribution in [3.8, 4) is 11.1 Å². The van der Waals surface area contributed by atoms with Gasteiger partial charge in [0.05, 0.1) is 16.8 Å². The molecule has 1 aliphatic rings. The largest absolute Gasteiger partial charge is 0.461 e. The summed E-state index contributed by atoms with van der Waals surface area (Å²) < 4.78 is 31.2. The lowest BCUT2D eigenvalue weighted by Gasteiger charge is -2.24. The van der Waals surface area contributed by atoms with Crippen LogP contribution in [0.3, 0.4) is 0 Å². The minimum Gasteiger partial charge on any atom is -0.461 e. The Balaban J connectivity index is 1.63. The number of ether oxygens (including phenoxy) is 1. The van der Waals surface area contributed by atoms with E-state index in [1.165, 1.54) is 11.3 Å². The van der Waals surface area contributed by atoms with Crippen LogP contribution in [0, 0.1) is 6.92 Å². The third-order valence-electron chi connectivity index (χ3n) is 6.40.